The van der Waals surface area contributed by atoms with Gasteiger partial charge in [0.15, 0.2) is 0 Å². The predicted octanol–water partition coefficient (Wildman–Crippen LogP) is 14.6. The van der Waals surface area contributed by atoms with Gasteiger partial charge in [0, 0.05) is 31.5 Å². The van der Waals surface area contributed by atoms with E-state index >= 15 is 0 Å². The maximum absolute atomic E-state index is 13.6. The minimum Gasteiger partial charge on any atom is -0.445 e. The lowest BCUT2D eigenvalue weighted by Gasteiger charge is -2.50. The fourth-order valence-corrected chi connectivity index (χ4v) is 21.3. The fraction of sp³-hybridized carbons (Fsp3) is 0.676. The van der Waals surface area contributed by atoms with E-state index in [4.69, 9.17) is 23.2 Å². The summed E-state index contributed by atoms with van der Waals surface area (Å²) in [5.74, 6) is 5.91. The van der Waals surface area contributed by atoms with Crippen LogP contribution < -0.4 is 5.32 Å². The van der Waals surface area contributed by atoms with Crippen molar-refractivity contribution in [3.8, 4) is 0 Å². The molecule has 7 aliphatic carbocycles. The number of likely N-dealkylation sites (tertiary alicyclic amines) is 2. The molecule has 4 saturated heterocycles. The van der Waals surface area contributed by atoms with E-state index in [0.29, 0.717) is 72.3 Å². The van der Waals surface area contributed by atoms with Crippen LogP contribution in [-0.2, 0) is 51.4 Å². The van der Waals surface area contributed by atoms with Gasteiger partial charge in [-0.2, -0.15) is 8.42 Å². The molecule has 15 heteroatoms. The van der Waals surface area contributed by atoms with E-state index in [-0.39, 0.29) is 90.3 Å². The average molecular weight is 1240 g/mol. The zero-order valence-corrected chi connectivity index (χ0v) is 54.6. The summed E-state index contributed by atoms with van der Waals surface area (Å²) < 4.78 is 53.9. The molecule has 14 nitrogen and oxygen atoms in total. The van der Waals surface area contributed by atoms with E-state index in [9.17, 15) is 22.8 Å². The summed E-state index contributed by atoms with van der Waals surface area (Å²) in [6.07, 6.45) is 25.1. The SMILES string of the molecule is C.CC1=C2C[C@H]3[C@@H](CC[C@@H]4CC(=NOS(C)(=O)=O)C=C[C@@]43C)[C@@H]2CC[C@@]2(C1)O[C@@H]1C[C@H](C)CN(C(=O)OCc3ccccc3)[C@H]1[C@H]2C.CC1=C2C[C@H]3[C@@H](CC[C@@H]4CNC(=O)C=C[C@@]43C)[C@@H]2CC[C@@]2(C1)O[C@@H]1C[C@H](C)CN(C(=O)OCc3ccccc3)[C@H]1[C@H]2C. The molecule has 3 amide bonds. The van der Waals surface area contributed by atoms with Gasteiger partial charge in [0.25, 0.3) is 0 Å². The second kappa shape index (κ2) is 24.7. The topological polar surface area (TPSA) is 162 Å². The van der Waals surface area contributed by atoms with Crippen LogP contribution >= 0.6 is 0 Å². The lowest BCUT2D eigenvalue weighted by Crippen LogP contribution is -2.54. The van der Waals surface area contributed by atoms with Crippen LogP contribution in [0.1, 0.15) is 170 Å². The molecule has 1 N–H and O–H groups in total. The van der Waals surface area contributed by atoms with Gasteiger partial charge in [-0.3, -0.25) is 9.08 Å². The lowest BCUT2D eigenvalue weighted by atomic mass is 9.54. The Balaban J connectivity index is 0.000000172. The maximum Gasteiger partial charge on any atom is 0.410 e. The number of ether oxygens (including phenoxy) is 4. The first-order valence-corrected chi connectivity index (χ1v) is 35.7. The van der Waals surface area contributed by atoms with Crippen LogP contribution in [-0.4, -0.2) is 103 Å². The number of oxime groups is 1. The summed E-state index contributed by atoms with van der Waals surface area (Å²) in [6.45, 7) is 21.5. The number of nitrogens with zero attached hydrogens (tertiary/aromatic N) is 3. The van der Waals surface area contributed by atoms with Crippen LogP contribution in [0.25, 0.3) is 0 Å². The Labute approximate surface area is 531 Å². The van der Waals surface area contributed by atoms with Gasteiger partial charge in [-0.15, -0.1) is 0 Å². The number of benzene rings is 2. The molecular weight excluding hydrogens is 1140 g/mol. The predicted molar refractivity (Wildman–Crippen MR) is 346 cm³/mol. The van der Waals surface area contributed by atoms with Crippen molar-refractivity contribution in [2.24, 2.45) is 87.0 Å². The van der Waals surface area contributed by atoms with E-state index in [0.717, 1.165) is 113 Å². The molecule has 2 aromatic carbocycles. The van der Waals surface area contributed by atoms with Crippen molar-refractivity contribution in [1.29, 1.82) is 0 Å². The average Bonchev–Trinajstić information content (AvgIpc) is 1.60. The first kappa shape index (κ1) is 63.9. The summed E-state index contributed by atoms with van der Waals surface area (Å²) in [5, 5.41) is 7.10. The number of amides is 3. The first-order valence-electron chi connectivity index (χ1n) is 33.8. The molecule has 2 spiro atoms. The van der Waals surface area contributed by atoms with Crippen LogP contribution in [0.5, 0.6) is 0 Å². The molecule has 0 aromatic heterocycles. The third kappa shape index (κ3) is 11.8. The van der Waals surface area contributed by atoms with Crippen LogP contribution in [0.4, 0.5) is 9.59 Å². The molecule has 5 aliphatic heterocycles. The summed E-state index contributed by atoms with van der Waals surface area (Å²) in [6, 6.07) is 20.0. The van der Waals surface area contributed by atoms with Gasteiger partial charge in [-0.1, -0.05) is 149 Å². The number of rotatable bonds is 6. The van der Waals surface area contributed by atoms with Crippen molar-refractivity contribution >= 4 is 33.9 Å². The van der Waals surface area contributed by atoms with E-state index in [1.807, 2.05) is 76.5 Å². The molecule has 5 heterocycles. The Morgan fingerprint density at radius 1 is 0.652 bits per heavy atom. The molecule has 4 saturated carbocycles. The van der Waals surface area contributed by atoms with E-state index < -0.39 is 10.1 Å². The molecule has 8 fully saturated rings. The molecule has 0 unspecified atom stereocenters. The first-order chi connectivity index (χ1) is 42.0. The van der Waals surface area contributed by atoms with Gasteiger partial charge in [0.05, 0.1) is 47.5 Å². The molecular formula is C74H102N4O10S. The highest BCUT2D eigenvalue weighted by molar-refractivity contribution is 7.85. The minimum atomic E-state index is -3.61. The molecule has 2 aromatic rings. The largest absolute Gasteiger partial charge is 0.445 e. The van der Waals surface area contributed by atoms with Crippen molar-refractivity contribution in [2.75, 3.05) is 25.9 Å². The summed E-state index contributed by atoms with van der Waals surface area (Å²) in [4.78, 5) is 43.3. The van der Waals surface area contributed by atoms with Crippen LogP contribution in [0, 0.1) is 81.8 Å². The van der Waals surface area contributed by atoms with Crippen molar-refractivity contribution in [3.63, 3.8) is 0 Å². The quantitative estimate of drug-likeness (QED) is 0.218. The molecule has 20 atom stereocenters. The monoisotopic (exact) mass is 1240 g/mol. The van der Waals surface area contributed by atoms with Crippen LogP contribution in [0.15, 0.2) is 112 Å². The Morgan fingerprint density at radius 3 is 1.60 bits per heavy atom. The summed E-state index contributed by atoms with van der Waals surface area (Å²) in [5.41, 5.74) is 8.74. The third-order valence-corrected chi connectivity index (χ3v) is 25.8. The van der Waals surface area contributed by atoms with E-state index in [2.05, 4.69) is 78.0 Å². The molecule has 14 rings (SSSR count). The molecule has 0 bridgehead atoms. The van der Waals surface area contributed by atoms with Gasteiger partial charge in [-0.05, 0) is 203 Å². The number of fused-ring (bicyclic) bond motifs is 12. The fourth-order valence-electron chi connectivity index (χ4n) is 21.1. The van der Waals surface area contributed by atoms with Gasteiger partial charge in [-0.25, -0.2) is 9.59 Å². The number of carbonyl (C=O) groups excluding carboxylic acids is 3. The van der Waals surface area contributed by atoms with Crippen molar-refractivity contribution in [2.45, 2.75) is 208 Å². The van der Waals surface area contributed by atoms with Crippen LogP contribution in [0.2, 0.25) is 0 Å². The second-order valence-corrected chi connectivity index (χ2v) is 32.1. The maximum atomic E-state index is 13.6. The Hall–Kier alpha value is -5.25. The standard InChI is InChI=1S/C37H50N2O6S.C36H48N2O4.CH4/c1-23-17-33-34(39(21-23)35(40)43-22-26-9-7-6-8-10-26)25(3)37(44-33)16-14-29-30-12-11-27-18-28(38-45-46(5,41)42)13-15-36(27,4)32(30)19-31(29)24(2)20-37;1-22-16-31-33(38(20-22)34(40)41-21-25-8-6-5-7-9-25)24(3)36(42-31)15-12-27-28-11-10-26-19-37-32(39)13-14-35(26,4)30(28)17-29(27)23(2)18-36;/h6-10,13,15,23,25,27,29-30,32-34H,11-12,14,16-22H2,1-5H3;5-9,13-14,22,24,26-28,30-31,33H,10-12,15-21H2,1-4H3,(H,37,39);1H4/t23-,25+,27+,29-,30-,32-,33+,34-,36-,37-;22-,24+,26+,27-,28-,30-,31+,33-,35-,36-;/m00./s1. The molecule has 0 radical (unpaired) electrons. The zero-order chi connectivity index (χ0) is 61.7. The highest BCUT2D eigenvalue weighted by Crippen LogP contribution is 2.66. The smallest absolute Gasteiger partial charge is 0.410 e. The van der Waals surface area contributed by atoms with Gasteiger partial charge < -0.3 is 34.1 Å². The van der Waals surface area contributed by atoms with Gasteiger partial charge in [0.1, 0.15) is 13.2 Å². The number of hydrogen-bond donors (Lipinski definition) is 1. The Bertz CT molecular complexity index is 3270. The zero-order valence-electron chi connectivity index (χ0n) is 53.8. The van der Waals surface area contributed by atoms with E-state index in [1.54, 1.807) is 17.2 Å². The van der Waals surface area contributed by atoms with E-state index in [1.165, 1.54) is 30.4 Å². The summed E-state index contributed by atoms with van der Waals surface area (Å²) >= 11 is 0. The highest BCUT2D eigenvalue weighted by Gasteiger charge is 2.63. The highest BCUT2D eigenvalue weighted by atomic mass is 32.2. The molecule has 12 aliphatic rings. The normalized spacial score (nSPS) is 41.4. The van der Waals surface area contributed by atoms with Crippen LogP contribution in [0.3, 0.4) is 0 Å². The van der Waals surface area contributed by atoms with Crippen molar-refractivity contribution < 1.29 is 46.0 Å². The lowest BCUT2D eigenvalue weighted by molar-refractivity contribution is -0.116. The van der Waals surface area contributed by atoms with Gasteiger partial charge in [0.2, 0.25) is 5.91 Å². The number of allylic oxidation sites excluding steroid dienone is 5. The molecule has 484 valence electrons. The minimum absolute atomic E-state index is 0. The van der Waals surface area contributed by atoms with Crippen molar-refractivity contribution in [3.05, 3.63) is 118 Å². The van der Waals surface area contributed by atoms with Crippen molar-refractivity contribution in [1.82, 2.24) is 15.1 Å². The Morgan fingerprint density at radius 2 is 1.11 bits per heavy atom. The summed E-state index contributed by atoms with van der Waals surface area (Å²) in [7, 11) is -3.61. The van der Waals surface area contributed by atoms with Gasteiger partial charge >= 0.3 is 22.3 Å². The molecule has 89 heavy (non-hydrogen) atoms. The number of nitrogens with one attached hydrogen (secondary N) is 1. The number of hydrogen-bond acceptors (Lipinski definition) is 11. The number of piperidine rings is 2. The second-order valence-electron chi connectivity index (χ2n) is 30.5. The number of carbonyl (C=O) groups is 3. The Kier molecular flexibility index (Phi) is 17.7. The third-order valence-electron chi connectivity index (χ3n) is 25.5.